The minimum Gasteiger partial charge on any atom is -0.462 e. The van der Waals surface area contributed by atoms with Crippen LogP contribution in [-0.2, 0) is 17.9 Å². The van der Waals surface area contributed by atoms with Crippen LogP contribution in [0.1, 0.15) is 38.7 Å². The molecule has 0 amide bonds. The number of hydrogen-bond acceptors (Lipinski definition) is 4. The predicted molar refractivity (Wildman–Crippen MR) is 71.2 cm³/mol. The fourth-order valence-electron chi connectivity index (χ4n) is 2.13. The van der Waals surface area contributed by atoms with Gasteiger partial charge in [0, 0.05) is 13.7 Å². The topological polar surface area (TPSA) is 54.6 Å². The summed E-state index contributed by atoms with van der Waals surface area (Å²) in [7, 11) is 1.65. The summed E-state index contributed by atoms with van der Waals surface area (Å²) in [4.78, 5) is 0. The van der Waals surface area contributed by atoms with Gasteiger partial charge < -0.3 is 19.6 Å². The molecule has 0 saturated heterocycles. The molecular formula is C14H25NO3. The van der Waals surface area contributed by atoms with Gasteiger partial charge in [-0.15, -0.1) is 0 Å². The highest BCUT2D eigenvalue weighted by molar-refractivity contribution is 5.06. The maximum atomic E-state index is 9.41. The summed E-state index contributed by atoms with van der Waals surface area (Å²) < 4.78 is 10.6. The lowest BCUT2D eigenvalue weighted by molar-refractivity contribution is 0.127. The summed E-state index contributed by atoms with van der Waals surface area (Å²) in [6, 6.07) is 3.89. The summed E-state index contributed by atoms with van der Waals surface area (Å²) >= 11 is 0. The standard InChI is InChI=1S/C14H25NO3/c1-11(16)7-14(2,3)10-15-8-12-5-6-13(18-12)9-17-4/h5-6,11,15-16H,7-10H2,1-4H3. The molecule has 1 rings (SSSR count). The van der Waals surface area contributed by atoms with Gasteiger partial charge in [0.05, 0.1) is 12.6 Å². The third-order valence-electron chi connectivity index (χ3n) is 2.75. The number of nitrogens with one attached hydrogen (secondary N) is 1. The van der Waals surface area contributed by atoms with Crippen LogP contribution < -0.4 is 5.32 Å². The molecule has 0 aliphatic heterocycles. The van der Waals surface area contributed by atoms with Crippen molar-refractivity contribution in [1.29, 1.82) is 0 Å². The Morgan fingerprint density at radius 2 is 2.06 bits per heavy atom. The molecule has 1 aromatic heterocycles. The molecule has 0 aromatic carbocycles. The maximum absolute atomic E-state index is 9.41. The average Bonchev–Trinajstić information content (AvgIpc) is 2.64. The molecule has 0 spiro atoms. The summed E-state index contributed by atoms with van der Waals surface area (Å²) in [6.07, 6.45) is 0.520. The Morgan fingerprint density at radius 3 is 2.67 bits per heavy atom. The smallest absolute Gasteiger partial charge is 0.129 e. The van der Waals surface area contributed by atoms with Crippen molar-refractivity contribution in [1.82, 2.24) is 5.32 Å². The van der Waals surface area contributed by atoms with Crippen LogP contribution in [0.3, 0.4) is 0 Å². The lowest BCUT2D eigenvalue weighted by Gasteiger charge is -2.26. The summed E-state index contributed by atoms with van der Waals surface area (Å²) in [5.41, 5.74) is 0.0795. The second-order valence-corrected chi connectivity index (χ2v) is 5.62. The van der Waals surface area contributed by atoms with Gasteiger partial charge in [-0.1, -0.05) is 13.8 Å². The van der Waals surface area contributed by atoms with Gasteiger partial charge in [0.15, 0.2) is 0 Å². The van der Waals surface area contributed by atoms with Gasteiger partial charge >= 0.3 is 0 Å². The van der Waals surface area contributed by atoms with Crippen LogP contribution in [0.15, 0.2) is 16.5 Å². The van der Waals surface area contributed by atoms with Crippen molar-refractivity contribution in [2.24, 2.45) is 5.41 Å². The van der Waals surface area contributed by atoms with Crippen molar-refractivity contribution in [3.63, 3.8) is 0 Å². The van der Waals surface area contributed by atoms with Crippen LogP contribution >= 0.6 is 0 Å². The molecule has 0 fully saturated rings. The Hall–Kier alpha value is -0.840. The van der Waals surface area contributed by atoms with Crippen LogP contribution in [0.2, 0.25) is 0 Å². The highest BCUT2D eigenvalue weighted by Gasteiger charge is 2.19. The normalized spacial score (nSPS) is 13.8. The number of rotatable bonds is 8. The lowest BCUT2D eigenvalue weighted by atomic mass is 9.87. The Bertz CT molecular complexity index is 345. The van der Waals surface area contributed by atoms with Gasteiger partial charge in [0.2, 0.25) is 0 Å². The first-order chi connectivity index (χ1) is 8.43. The average molecular weight is 255 g/mol. The summed E-state index contributed by atoms with van der Waals surface area (Å²) in [5, 5.41) is 12.8. The van der Waals surface area contributed by atoms with E-state index in [1.54, 1.807) is 7.11 Å². The van der Waals surface area contributed by atoms with E-state index in [1.807, 2.05) is 19.1 Å². The predicted octanol–water partition coefficient (Wildman–Crippen LogP) is 2.31. The maximum Gasteiger partial charge on any atom is 0.129 e. The van der Waals surface area contributed by atoms with Crippen LogP contribution in [0.5, 0.6) is 0 Å². The number of ether oxygens (including phenoxy) is 1. The van der Waals surface area contributed by atoms with E-state index in [1.165, 1.54) is 0 Å². The minimum atomic E-state index is -0.265. The monoisotopic (exact) mass is 255 g/mol. The number of furan rings is 1. The van der Waals surface area contributed by atoms with Gasteiger partial charge in [-0.2, -0.15) is 0 Å². The number of methoxy groups -OCH3 is 1. The molecule has 4 heteroatoms. The molecule has 0 aliphatic rings. The zero-order valence-corrected chi connectivity index (χ0v) is 11.8. The van der Waals surface area contributed by atoms with E-state index in [9.17, 15) is 5.11 Å². The lowest BCUT2D eigenvalue weighted by Crippen LogP contribution is -2.31. The largest absolute Gasteiger partial charge is 0.462 e. The Labute approximate surface area is 109 Å². The van der Waals surface area contributed by atoms with Gasteiger partial charge in [-0.05, 0) is 30.9 Å². The molecule has 1 heterocycles. The molecule has 4 nitrogen and oxygen atoms in total. The highest BCUT2D eigenvalue weighted by Crippen LogP contribution is 2.21. The molecule has 0 aliphatic carbocycles. The SMILES string of the molecule is COCc1ccc(CNCC(C)(C)CC(C)O)o1. The molecular weight excluding hydrogens is 230 g/mol. The first-order valence-electron chi connectivity index (χ1n) is 6.38. The number of aliphatic hydroxyl groups excluding tert-OH is 1. The number of hydrogen-bond donors (Lipinski definition) is 2. The molecule has 1 aromatic rings. The fraction of sp³-hybridized carbons (Fsp3) is 0.714. The van der Waals surface area contributed by atoms with E-state index in [4.69, 9.17) is 9.15 Å². The fourth-order valence-corrected chi connectivity index (χ4v) is 2.13. The quantitative estimate of drug-likeness (QED) is 0.748. The van der Waals surface area contributed by atoms with Gasteiger partial charge in [-0.25, -0.2) is 0 Å². The molecule has 0 bridgehead atoms. The van der Waals surface area contributed by atoms with E-state index in [0.29, 0.717) is 13.2 Å². The van der Waals surface area contributed by atoms with Crippen molar-refractivity contribution < 1.29 is 14.3 Å². The molecule has 0 radical (unpaired) electrons. The molecule has 0 saturated carbocycles. The number of aliphatic hydroxyl groups is 1. The van der Waals surface area contributed by atoms with Crippen molar-refractivity contribution in [3.8, 4) is 0 Å². The van der Waals surface area contributed by atoms with Crippen LogP contribution in [0, 0.1) is 5.41 Å². The van der Waals surface area contributed by atoms with Gasteiger partial charge in [-0.3, -0.25) is 0 Å². The molecule has 104 valence electrons. The van der Waals surface area contributed by atoms with E-state index in [-0.39, 0.29) is 11.5 Å². The highest BCUT2D eigenvalue weighted by atomic mass is 16.5. The summed E-state index contributed by atoms with van der Waals surface area (Å²) in [5.74, 6) is 1.76. The molecule has 18 heavy (non-hydrogen) atoms. The summed E-state index contributed by atoms with van der Waals surface area (Å²) in [6.45, 7) is 8.17. The zero-order chi connectivity index (χ0) is 13.6. The third kappa shape index (κ3) is 5.67. The van der Waals surface area contributed by atoms with E-state index < -0.39 is 0 Å². The third-order valence-corrected chi connectivity index (χ3v) is 2.75. The van der Waals surface area contributed by atoms with Gasteiger partial charge in [0.25, 0.3) is 0 Å². The van der Waals surface area contributed by atoms with E-state index in [0.717, 1.165) is 24.5 Å². The van der Waals surface area contributed by atoms with Crippen molar-refractivity contribution in [2.75, 3.05) is 13.7 Å². The van der Waals surface area contributed by atoms with Crippen molar-refractivity contribution >= 4 is 0 Å². The first-order valence-corrected chi connectivity index (χ1v) is 6.38. The van der Waals surface area contributed by atoms with E-state index >= 15 is 0 Å². The van der Waals surface area contributed by atoms with Crippen LogP contribution in [0.4, 0.5) is 0 Å². The Kier molecular flexibility index (Phi) is 5.85. The second kappa shape index (κ2) is 6.92. The minimum absolute atomic E-state index is 0.0795. The Balaban J connectivity index is 2.32. The van der Waals surface area contributed by atoms with Crippen LogP contribution in [-0.4, -0.2) is 24.9 Å². The van der Waals surface area contributed by atoms with E-state index in [2.05, 4.69) is 19.2 Å². The molecule has 1 atom stereocenters. The first kappa shape index (κ1) is 15.2. The van der Waals surface area contributed by atoms with Crippen molar-refractivity contribution in [2.45, 2.75) is 46.4 Å². The van der Waals surface area contributed by atoms with Crippen LogP contribution in [0.25, 0.3) is 0 Å². The molecule has 1 unspecified atom stereocenters. The van der Waals surface area contributed by atoms with Crippen molar-refractivity contribution in [3.05, 3.63) is 23.7 Å². The zero-order valence-electron chi connectivity index (χ0n) is 11.8. The second-order valence-electron chi connectivity index (χ2n) is 5.62. The molecule has 2 N–H and O–H groups in total. The Morgan fingerprint density at radius 1 is 1.39 bits per heavy atom. The van der Waals surface area contributed by atoms with Gasteiger partial charge in [0.1, 0.15) is 18.1 Å².